The molecule has 0 heterocycles. The van der Waals surface area contributed by atoms with Gasteiger partial charge >= 0.3 is 0 Å². The lowest BCUT2D eigenvalue weighted by molar-refractivity contribution is -0.122. The molecule has 1 aromatic carbocycles. The van der Waals surface area contributed by atoms with Crippen molar-refractivity contribution in [3.05, 3.63) is 23.8 Å². The van der Waals surface area contributed by atoms with Gasteiger partial charge in [0, 0.05) is 25.0 Å². The van der Waals surface area contributed by atoms with Crippen molar-refractivity contribution in [2.75, 3.05) is 13.2 Å². The second-order valence-corrected chi connectivity index (χ2v) is 5.96. The van der Waals surface area contributed by atoms with Crippen LogP contribution >= 0.6 is 0 Å². The number of nitrogens with one attached hydrogen (secondary N) is 2. The molecular weight excluding hydrogens is 268 g/mol. The zero-order chi connectivity index (χ0) is 15.9. The fourth-order valence-electron chi connectivity index (χ4n) is 1.86. The van der Waals surface area contributed by atoms with Gasteiger partial charge in [-0.05, 0) is 45.4 Å². The van der Waals surface area contributed by atoms with Crippen LogP contribution in [-0.2, 0) is 11.3 Å². The molecule has 5 nitrogen and oxygen atoms in total. The van der Waals surface area contributed by atoms with Gasteiger partial charge in [0.05, 0.1) is 6.61 Å². The van der Waals surface area contributed by atoms with Crippen molar-refractivity contribution in [2.24, 2.45) is 0 Å². The Morgan fingerprint density at radius 3 is 2.67 bits per heavy atom. The van der Waals surface area contributed by atoms with E-state index in [1.54, 1.807) is 12.1 Å². The van der Waals surface area contributed by atoms with Gasteiger partial charge in [0.25, 0.3) is 0 Å². The number of hydrogen-bond acceptors (Lipinski definition) is 4. The molecule has 5 heteroatoms. The number of ether oxygens (including phenoxy) is 1. The first-order valence-corrected chi connectivity index (χ1v) is 7.28. The molecule has 1 aromatic rings. The number of aromatic hydroxyl groups is 1. The lowest BCUT2D eigenvalue weighted by atomic mass is 10.1. The molecule has 0 aliphatic carbocycles. The summed E-state index contributed by atoms with van der Waals surface area (Å²) in [7, 11) is 0. The number of carbonyl (C=O) groups excluding carboxylic acids is 1. The molecule has 0 unspecified atom stereocenters. The number of carbonyl (C=O) groups is 1. The van der Waals surface area contributed by atoms with Crippen molar-refractivity contribution < 1.29 is 14.6 Å². The third-order valence-corrected chi connectivity index (χ3v) is 2.70. The van der Waals surface area contributed by atoms with Crippen LogP contribution in [0.25, 0.3) is 0 Å². The van der Waals surface area contributed by atoms with Crippen LogP contribution in [0.15, 0.2) is 18.2 Å². The summed E-state index contributed by atoms with van der Waals surface area (Å²) >= 11 is 0. The molecule has 3 N–H and O–H groups in total. The van der Waals surface area contributed by atoms with E-state index in [9.17, 15) is 9.90 Å². The molecular formula is C16H26N2O3. The topological polar surface area (TPSA) is 70.6 Å². The Balaban J connectivity index is 2.36. The highest BCUT2D eigenvalue weighted by atomic mass is 16.5. The summed E-state index contributed by atoms with van der Waals surface area (Å²) in [5, 5.41) is 15.7. The number of amides is 1. The number of benzene rings is 1. The third-order valence-electron chi connectivity index (χ3n) is 2.70. The third kappa shape index (κ3) is 6.99. The quantitative estimate of drug-likeness (QED) is 0.674. The highest BCUT2D eigenvalue weighted by molar-refractivity contribution is 5.76. The molecule has 21 heavy (non-hydrogen) atoms. The number of phenolic OH excluding ortho intramolecular Hbond substituents is 1. The van der Waals surface area contributed by atoms with E-state index in [2.05, 4.69) is 10.6 Å². The maximum Gasteiger partial charge on any atom is 0.221 e. The van der Waals surface area contributed by atoms with Crippen LogP contribution < -0.4 is 15.4 Å². The molecule has 0 saturated carbocycles. The molecule has 1 amide bonds. The molecule has 0 bridgehead atoms. The van der Waals surface area contributed by atoms with Crippen molar-refractivity contribution in [1.82, 2.24) is 10.6 Å². The average molecular weight is 294 g/mol. The van der Waals surface area contributed by atoms with Crippen LogP contribution in [-0.4, -0.2) is 29.7 Å². The molecule has 0 radical (unpaired) electrons. The Morgan fingerprint density at radius 1 is 1.33 bits per heavy atom. The summed E-state index contributed by atoms with van der Waals surface area (Å²) in [6.07, 6.45) is 0.438. The minimum atomic E-state index is -0.194. The molecule has 0 spiro atoms. The molecule has 0 aromatic heterocycles. The highest BCUT2D eigenvalue weighted by Crippen LogP contribution is 2.26. The van der Waals surface area contributed by atoms with Gasteiger partial charge in [-0.2, -0.15) is 0 Å². The van der Waals surface area contributed by atoms with E-state index < -0.39 is 0 Å². The number of phenols is 1. The normalized spacial score (nSPS) is 11.2. The SMILES string of the molecule is CCOc1cc(CNCCC(=O)NC(C)(C)C)ccc1O. The van der Waals surface area contributed by atoms with Crippen LogP contribution in [0, 0.1) is 0 Å². The minimum absolute atomic E-state index is 0.0377. The highest BCUT2D eigenvalue weighted by Gasteiger charge is 2.12. The lowest BCUT2D eigenvalue weighted by Crippen LogP contribution is -2.41. The summed E-state index contributed by atoms with van der Waals surface area (Å²) in [4.78, 5) is 11.6. The van der Waals surface area contributed by atoms with Crippen LogP contribution in [0.5, 0.6) is 11.5 Å². The van der Waals surface area contributed by atoms with E-state index in [1.807, 2.05) is 33.8 Å². The van der Waals surface area contributed by atoms with Crippen molar-refractivity contribution in [3.63, 3.8) is 0 Å². The molecule has 0 fully saturated rings. The largest absolute Gasteiger partial charge is 0.504 e. The van der Waals surface area contributed by atoms with Gasteiger partial charge in [0.2, 0.25) is 5.91 Å². The zero-order valence-electron chi connectivity index (χ0n) is 13.3. The standard InChI is InChI=1S/C16H26N2O3/c1-5-21-14-10-12(6-7-13(14)19)11-17-9-8-15(20)18-16(2,3)4/h6-7,10,17,19H,5,8-9,11H2,1-4H3,(H,18,20). The molecule has 0 aliphatic rings. The monoisotopic (exact) mass is 294 g/mol. The van der Waals surface area contributed by atoms with Gasteiger partial charge in [-0.3, -0.25) is 4.79 Å². The minimum Gasteiger partial charge on any atom is -0.504 e. The van der Waals surface area contributed by atoms with E-state index >= 15 is 0 Å². The van der Waals surface area contributed by atoms with Gasteiger partial charge in [-0.15, -0.1) is 0 Å². The predicted octanol–water partition coefficient (Wildman–Crippen LogP) is 2.19. The fraction of sp³-hybridized carbons (Fsp3) is 0.562. The fourth-order valence-corrected chi connectivity index (χ4v) is 1.86. The second kappa shape index (κ2) is 7.88. The Kier molecular flexibility index (Phi) is 6.49. The Bertz CT molecular complexity index is 467. The first kappa shape index (κ1) is 17.3. The molecule has 1 rings (SSSR count). The number of hydrogen-bond donors (Lipinski definition) is 3. The summed E-state index contributed by atoms with van der Waals surface area (Å²) in [6.45, 7) is 9.50. The van der Waals surface area contributed by atoms with E-state index in [-0.39, 0.29) is 17.2 Å². The first-order valence-electron chi connectivity index (χ1n) is 7.28. The van der Waals surface area contributed by atoms with Crippen LogP contribution in [0.4, 0.5) is 0 Å². The van der Waals surface area contributed by atoms with Gasteiger partial charge in [0.1, 0.15) is 0 Å². The Morgan fingerprint density at radius 2 is 2.05 bits per heavy atom. The maximum absolute atomic E-state index is 11.6. The van der Waals surface area contributed by atoms with Crippen molar-refractivity contribution in [1.29, 1.82) is 0 Å². The molecule has 0 atom stereocenters. The summed E-state index contributed by atoms with van der Waals surface area (Å²) in [6, 6.07) is 5.26. The lowest BCUT2D eigenvalue weighted by Gasteiger charge is -2.20. The second-order valence-electron chi connectivity index (χ2n) is 5.96. The van der Waals surface area contributed by atoms with E-state index in [0.717, 1.165) is 5.56 Å². The summed E-state index contributed by atoms with van der Waals surface area (Å²) in [5.74, 6) is 0.670. The van der Waals surface area contributed by atoms with Gasteiger partial charge in [0.15, 0.2) is 11.5 Å². The first-order chi connectivity index (χ1) is 9.81. The summed E-state index contributed by atoms with van der Waals surface area (Å²) < 4.78 is 5.33. The van der Waals surface area contributed by atoms with Crippen molar-refractivity contribution in [3.8, 4) is 11.5 Å². The van der Waals surface area contributed by atoms with E-state index in [0.29, 0.717) is 31.9 Å². The van der Waals surface area contributed by atoms with E-state index in [4.69, 9.17) is 4.74 Å². The molecule has 118 valence electrons. The zero-order valence-corrected chi connectivity index (χ0v) is 13.3. The van der Waals surface area contributed by atoms with Gasteiger partial charge in [-0.1, -0.05) is 6.07 Å². The van der Waals surface area contributed by atoms with Crippen LogP contribution in [0.1, 0.15) is 39.7 Å². The van der Waals surface area contributed by atoms with Gasteiger partial charge in [-0.25, -0.2) is 0 Å². The molecule has 0 saturated heterocycles. The Hall–Kier alpha value is -1.75. The van der Waals surface area contributed by atoms with Crippen LogP contribution in [0.2, 0.25) is 0 Å². The van der Waals surface area contributed by atoms with Crippen molar-refractivity contribution in [2.45, 2.75) is 46.2 Å². The maximum atomic E-state index is 11.6. The van der Waals surface area contributed by atoms with E-state index in [1.165, 1.54) is 0 Å². The smallest absolute Gasteiger partial charge is 0.221 e. The Labute approximate surface area is 126 Å². The van der Waals surface area contributed by atoms with Gasteiger partial charge < -0.3 is 20.5 Å². The predicted molar refractivity (Wildman–Crippen MR) is 83.5 cm³/mol. The average Bonchev–Trinajstić information content (AvgIpc) is 2.36. The molecule has 0 aliphatic heterocycles. The number of rotatable bonds is 7. The van der Waals surface area contributed by atoms with Crippen LogP contribution in [0.3, 0.4) is 0 Å². The summed E-state index contributed by atoms with van der Waals surface area (Å²) in [5.41, 5.74) is 0.813. The van der Waals surface area contributed by atoms with Crippen molar-refractivity contribution >= 4 is 5.91 Å².